The van der Waals surface area contributed by atoms with E-state index >= 15 is 0 Å². The number of halogens is 1. The number of carbonyl (C=O) groups excluding carboxylic acids is 1. The molecular weight excluding hydrogens is 475 g/mol. The van der Waals surface area contributed by atoms with Crippen molar-refractivity contribution in [3.05, 3.63) is 48.5 Å². The topological polar surface area (TPSA) is 83.1 Å². The number of carbonyl (C=O) groups is 1. The molecule has 2 aromatic carbocycles. The van der Waals surface area contributed by atoms with Gasteiger partial charge in [0.1, 0.15) is 18.0 Å². The minimum atomic E-state index is -0.339. The molecule has 4 rings (SSSR count). The van der Waals surface area contributed by atoms with Gasteiger partial charge in [0.2, 0.25) is 0 Å². The second-order valence-electron chi connectivity index (χ2n) is 9.13. The van der Waals surface area contributed by atoms with E-state index in [1.54, 1.807) is 30.5 Å². The average molecular weight is 511 g/mol. The van der Waals surface area contributed by atoms with Crippen LogP contribution < -0.4 is 19.7 Å². The summed E-state index contributed by atoms with van der Waals surface area (Å²) in [6, 6.07) is 9.37. The van der Waals surface area contributed by atoms with Crippen LogP contribution in [0.3, 0.4) is 0 Å². The molecule has 0 aliphatic carbocycles. The van der Waals surface area contributed by atoms with Gasteiger partial charge in [0, 0.05) is 49.9 Å². The van der Waals surface area contributed by atoms with Crippen molar-refractivity contribution in [2.75, 3.05) is 70.2 Å². The van der Waals surface area contributed by atoms with Gasteiger partial charge in [0.25, 0.3) is 0 Å². The zero-order valence-electron chi connectivity index (χ0n) is 21.7. The van der Waals surface area contributed by atoms with Gasteiger partial charge < -0.3 is 29.5 Å². The third-order valence-corrected chi connectivity index (χ3v) is 6.41. The highest BCUT2D eigenvalue weighted by Gasteiger charge is 2.24. The maximum Gasteiger partial charge on any atom is 0.321 e. The van der Waals surface area contributed by atoms with Crippen LogP contribution in [0.5, 0.6) is 11.5 Å². The van der Waals surface area contributed by atoms with Crippen LogP contribution in [0.4, 0.5) is 20.7 Å². The Morgan fingerprint density at radius 1 is 1.08 bits per heavy atom. The molecule has 1 aliphatic rings. The maximum absolute atomic E-state index is 13.1. The van der Waals surface area contributed by atoms with Gasteiger partial charge in [-0.1, -0.05) is 6.92 Å². The second-order valence-corrected chi connectivity index (χ2v) is 9.13. The van der Waals surface area contributed by atoms with E-state index in [0.717, 1.165) is 42.7 Å². The summed E-state index contributed by atoms with van der Waals surface area (Å²) in [6.45, 7) is 7.12. The molecule has 1 fully saturated rings. The van der Waals surface area contributed by atoms with Crippen molar-refractivity contribution in [2.45, 2.75) is 19.8 Å². The molecule has 0 atom stereocenters. The zero-order valence-corrected chi connectivity index (χ0v) is 21.7. The fourth-order valence-corrected chi connectivity index (χ4v) is 4.44. The van der Waals surface area contributed by atoms with Crippen molar-refractivity contribution in [1.82, 2.24) is 19.8 Å². The minimum Gasteiger partial charge on any atom is -0.493 e. The number of ether oxygens (including phenoxy) is 2. The molecule has 3 aromatic rings. The van der Waals surface area contributed by atoms with E-state index in [1.165, 1.54) is 12.1 Å². The Morgan fingerprint density at radius 2 is 1.84 bits per heavy atom. The number of fused-ring (bicyclic) bond motifs is 1. The van der Waals surface area contributed by atoms with Gasteiger partial charge in [-0.3, -0.25) is 0 Å². The molecule has 198 valence electrons. The van der Waals surface area contributed by atoms with Crippen molar-refractivity contribution >= 4 is 28.4 Å². The molecule has 2 amide bonds. The van der Waals surface area contributed by atoms with Gasteiger partial charge in [0.05, 0.1) is 19.2 Å². The van der Waals surface area contributed by atoms with Crippen LogP contribution in [-0.4, -0.2) is 85.8 Å². The molecule has 0 radical (unpaired) electrons. The summed E-state index contributed by atoms with van der Waals surface area (Å²) in [6.07, 6.45) is 3.61. The second kappa shape index (κ2) is 12.5. The van der Waals surface area contributed by atoms with E-state index in [0.29, 0.717) is 50.0 Å². The molecule has 1 aromatic heterocycles. The minimum absolute atomic E-state index is 0.205. The Hall–Kier alpha value is -3.66. The van der Waals surface area contributed by atoms with Gasteiger partial charge in [-0.2, -0.15) is 0 Å². The number of aromatic nitrogens is 2. The smallest absolute Gasteiger partial charge is 0.321 e. The standard InChI is InChI=1S/C27H35FN6O3/c1-4-10-32(2)11-5-16-37-25-18-23-22(17-24(25)36-3)26(30-19-29-23)33-12-14-34(15-13-33)27(35)31-21-8-6-20(28)7-9-21/h6-9,17-19H,4-5,10-16H2,1-3H3,(H,31,35). The number of rotatable bonds is 10. The number of benzene rings is 2. The van der Waals surface area contributed by atoms with Gasteiger partial charge in [-0.15, -0.1) is 0 Å². The van der Waals surface area contributed by atoms with Gasteiger partial charge >= 0.3 is 6.03 Å². The highest BCUT2D eigenvalue weighted by atomic mass is 19.1. The first-order valence-corrected chi connectivity index (χ1v) is 12.7. The van der Waals surface area contributed by atoms with Crippen LogP contribution in [0.1, 0.15) is 19.8 Å². The monoisotopic (exact) mass is 510 g/mol. The number of piperazine rings is 1. The average Bonchev–Trinajstić information content (AvgIpc) is 2.91. The zero-order chi connectivity index (χ0) is 26.2. The van der Waals surface area contributed by atoms with Crippen molar-refractivity contribution < 1.29 is 18.7 Å². The first kappa shape index (κ1) is 26.4. The number of nitrogens with one attached hydrogen (secondary N) is 1. The molecule has 9 nitrogen and oxygen atoms in total. The van der Waals surface area contributed by atoms with Crippen LogP contribution in [-0.2, 0) is 0 Å². The molecule has 0 unspecified atom stereocenters. The van der Waals surface area contributed by atoms with E-state index < -0.39 is 0 Å². The molecular formula is C27H35FN6O3. The van der Waals surface area contributed by atoms with E-state index in [9.17, 15) is 9.18 Å². The van der Waals surface area contributed by atoms with E-state index in [2.05, 4.69) is 39.1 Å². The van der Waals surface area contributed by atoms with E-state index in [4.69, 9.17) is 9.47 Å². The van der Waals surface area contributed by atoms with Crippen molar-refractivity contribution in [1.29, 1.82) is 0 Å². The molecule has 10 heteroatoms. The van der Waals surface area contributed by atoms with Crippen molar-refractivity contribution in [3.63, 3.8) is 0 Å². The molecule has 1 saturated heterocycles. The van der Waals surface area contributed by atoms with Crippen LogP contribution in [0.15, 0.2) is 42.7 Å². The summed E-state index contributed by atoms with van der Waals surface area (Å²) in [5, 5.41) is 3.69. The highest BCUT2D eigenvalue weighted by molar-refractivity contribution is 5.92. The number of hydrogen-bond donors (Lipinski definition) is 1. The largest absolute Gasteiger partial charge is 0.493 e. The number of methoxy groups -OCH3 is 1. The summed E-state index contributed by atoms with van der Waals surface area (Å²) in [5.41, 5.74) is 1.34. The van der Waals surface area contributed by atoms with Crippen molar-refractivity contribution in [2.24, 2.45) is 0 Å². The molecule has 1 aliphatic heterocycles. The summed E-state index contributed by atoms with van der Waals surface area (Å²) in [4.78, 5) is 27.9. The normalized spacial score (nSPS) is 13.8. The third-order valence-electron chi connectivity index (χ3n) is 6.41. The first-order valence-electron chi connectivity index (χ1n) is 12.7. The lowest BCUT2D eigenvalue weighted by atomic mass is 10.2. The molecule has 2 heterocycles. The Morgan fingerprint density at radius 3 is 2.54 bits per heavy atom. The van der Waals surface area contributed by atoms with Gasteiger partial charge in [-0.25, -0.2) is 19.2 Å². The van der Waals surface area contributed by atoms with Crippen molar-refractivity contribution in [3.8, 4) is 11.5 Å². The predicted octanol–water partition coefficient (Wildman–Crippen LogP) is 4.24. The third kappa shape index (κ3) is 6.76. The fourth-order valence-electron chi connectivity index (χ4n) is 4.44. The lowest BCUT2D eigenvalue weighted by molar-refractivity contribution is 0.208. The molecule has 0 bridgehead atoms. The Labute approximate surface area is 217 Å². The lowest BCUT2D eigenvalue weighted by Crippen LogP contribution is -2.50. The van der Waals surface area contributed by atoms with Crippen LogP contribution in [0.2, 0.25) is 0 Å². The quantitative estimate of drug-likeness (QED) is 0.409. The van der Waals surface area contributed by atoms with Crippen LogP contribution in [0, 0.1) is 5.82 Å². The number of hydrogen-bond acceptors (Lipinski definition) is 7. The Bertz CT molecular complexity index is 1180. The van der Waals surface area contributed by atoms with E-state index in [-0.39, 0.29) is 11.8 Å². The molecule has 37 heavy (non-hydrogen) atoms. The maximum atomic E-state index is 13.1. The number of amides is 2. The summed E-state index contributed by atoms with van der Waals surface area (Å²) in [7, 11) is 3.75. The van der Waals surface area contributed by atoms with Gasteiger partial charge in [-0.05, 0) is 56.8 Å². The summed E-state index contributed by atoms with van der Waals surface area (Å²) in [5.74, 6) is 1.77. The number of urea groups is 1. The fraction of sp³-hybridized carbons (Fsp3) is 0.444. The van der Waals surface area contributed by atoms with Gasteiger partial charge in [0.15, 0.2) is 11.5 Å². The predicted molar refractivity (Wildman–Crippen MR) is 143 cm³/mol. The molecule has 0 spiro atoms. The lowest BCUT2D eigenvalue weighted by Gasteiger charge is -2.35. The Balaban J connectivity index is 1.40. The number of nitrogens with zero attached hydrogens (tertiary/aromatic N) is 5. The Kier molecular flexibility index (Phi) is 8.95. The molecule has 1 N–H and O–H groups in total. The van der Waals surface area contributed by atoms with Crippen LogP contribution >= 0.6 is 0 Å². The number of anilines is 2. The first-order chi connectivity index (χ1) is 18.0. The molecule has 0 saturated carbocycles. The van der Waals surface area contributed by atoms with Crippen LogP contribution in [0.25, 0.3) is 10.9 Å². The summed E-state index contributed by atoms with van der Waals surface area (Å²) >= 11 is 0. The SMILES string of the molecule is CCCN(C)CCCOc1cc2ncnc(N3CCN(C(=O)Nc4ccc(F)cc4)CC3)c2cc1OC. The highest BCUT2D eigenvalue weighted by Crippen LogP contribution is 2.35. The van der Waals surface area contributed by atoms with E-state index in [1.807, 2.05) is 12.1 Å². The summed E-state index contributed by atoms with van der Waals surface area (Å²) < 4.78 is 24.8.